The van der Waals surface area contributed by atoms with Gasteiger partial charge in [0.25, 0.3) is 0 Å². The number of piperidine rings is 1. The number of nitrogen functional groups attached to an aromatic ring is 1. The number of amides is 1. The van der Waals surface area contributed by atoms with Gasteiger partial charge in [-0.25, -0.2) is 4.98 Å². The summed E-state index contributed by atoms with van der Waals surface area (Å²) in [6.07, 6.45) is -5.97. The Kier molecular flexibility index (Phi) is 8.05. The highest BCUT2D eigenvalue weighted by Crippen LogP contribution is 2.47. The molecule has 1 aliphatic carbocycles. The number of anilines is 1. The number of carbonyl (C=O) groups excluding carboxylic acids is 1. The Morgan fingerprint density at radius 3 is 2.21 bits per heavy atom. The van der Waals surface area contributed by atoms with Crippen LogP contribution >= 0.6 is 11.3 Å². The van der Waals surface area contributed by atoms with Crippen LogP contribution in [0.4, 0.5) is 31.5 Å². The molecule has 1 saturated carbocycles. The van der Waals surface area contributed by atoms with Gasteiger partial charge in [-0.1, -0.05) is 13.8 Å². The zero-order valence-corrected chi connectivity index (χ0v) is 22.1. The lowest BCUT2D eigenvalue weighted by Crippen LogP contribution is -2.45. The molecule has 3 N–H and O–H groups in total. The highest BCUT2D eigenvalue weighted by molar-refractivity contribution is 7.13. The second-order valence-electron chi connectivity index (χ2n) is 10.7. The third kappa shape index (κ3) is 6.11. The number of nitrogens with two attached hydrogens (primary N) is 1. The van der Waals surface area contributed by atoms with E-state index in [4.69, 9.17) is 5.73 Å². The molecule has 0 bridgehead atoms. The summed E-state index contributed by atoms with van der Waals surface area (Å²) in [5, 5.41) is 5.23. The molecule has 0 spiro atoms. The number of aromatic nitrogens is 1. The van der Waals surface area contributed by atoms with Crippen molar-refractivity contribution in [1.29, 1.82) is 0 Å². The molecule has 2 fully saturated rings. The zero-order chi connectivity index (χ0) is 27.9. The molecule has 2 aliphatic rings. The van der Waals surface area contributed by atoms with Gasteiger partial charge in [-0.15, -0.1) is 11.3 Å². The van der Waals surface area contributed by atoms with Crippen LogP contribution in [-0.2, 0) is 23.7 Å². The van der Waals surface area contributed by atoms with Crippen molar-refractivity contribution in [3.8, 4) is 0 Å². The molecule has 12 heteroatoms. The first kappa shape index (κ1) is 28.7. The predicted molar refractivity (Wildman–Crippen MR) is 133 cm³/mol. The third-order valence-corrected chi connectivity index (χ3v) is 8.88. The molecule has 2 atom stereocenters. The Morgan fingerprint density at radius 1 is 1.11 bits per heavy atom. The van der Waals surface area contributed by atoms with Crippen molar-refractivity contribution in [3.63, 3.8) is 0 Å². The normalized spacial score (nSPS) is 23.8. The summed E-state index contributed by atoms with van der Waals surface area (Å²) >= 11 is 1.43. The Balaban J connectivity index is 1.42. The van der Waals surface area contributed by atoms with Crippen molar-refractivity contribution >= 4 is 22.4 Å². The van der Waals surface area contributed by atoms with Gasteiger partial charge in [-0.3, -0.25) is 4.79 Å². The SMILES string of the molecule is CC(C)[C@]1(C(=O)NCc2cc(C(F)(F)F)cc(C(F)(F)F)c2)CC[C@@H](N2CCC(c3csc(N)n3)CC2)C1. The molecular formula is C26H32F6N4OS. The summed E-state index contributed by atoms with van der Waals surface area (Å²) in [5.41, 5.74) is 3.05. The number of hydrogen-bond acceptors (Lipinski definition) is 5. The van der Waals surface area contributed by atoms with Crippen molar-refractivity contribution in [3.05, 3.63) is 46.0 Å². The molecule has 0 radical (unpaired) electrons. The van der Waals surface area contributed by atoms with Crippen LogP contribution in [0.5, 0.6) is 0 Å². The molecule has 1 saturated heterocycles. The number of nitrogens with one attached hydrogen (secondary N) is 1. The number of halogens is 6. The number of likely N-dealkylation sites (tertiary alicyclic amines) is 1. The molecule has 1 amide bonds. The van der Waals surface area contributed by atoms with E-state index in [2.05, 4.69) is 15.2 Å². The Labute approximate surface area is 221 Å². The summed E-state index contributed by atoms with van der Waals surface area (Å²) in [4.78, 5) is 20.2. The van der Waals surface area contributed by atoms with Gasteiger partial charge in [0.15, 0.2) is 5.13 Å². The average Bonchev–Trinajstić information content (AvgIpc) is 3.49. The topological polar surface area (TPSA) is 71.2 Å². The van der Waals surface area contributed by atoms with Crippen LogP contribution in [-0.4, -0.2) is 34.9 Å². The van der Waals surface area contributed by atoms with E-state index in [0.29, 0.717) is 36.0 Å². The Hall–Kier alpha value is -2.34. The first-order valence-corrected chi connectivity index (χ1v) is 13.6. The van der Waals surface area contributed by atoms with Crippen LogP contribution in [0.1, 0.15) is 74.3 Å². The number of alkyl halides is 6. The summed E-state index contributed by atoms with van der Waals surface area (Å²) in [6, 6.07) is 1.61. The fourth-order valence-electron chi connectivity index (χ4n) is 5.88. The summed E-state index contributed by atoms with van der Waals surface area (Å²) in [5.74, 6) is -0.0162. The fourth-order valence-corrected chi connectivity index (χ4v) is 6.53. The minimum absolute atomic E-state index is 0.0460. The largest absolute Gasteiger partial charge is 0.416 e. The molecule has 1 aliphatic heterocycles. The van der Waals surface area contributed by atoms with Crippen molar-refractivity contribution in [2.45, 2.75) is 76.8 Å². The van der Waals surface area contributed by atoms with Crippen molar-refractivity contribution < 1.29 is 31.1 Å². The van der Waals surface area contributed by atoms with E-state index in [9.17, 15) is 31.1 Å². The smallest absolute Gasteiger partial charge is 0.375 e. The van der Waals surface area contributed by atoms with Gasteiger partial charge in [-0.2, -0.15) is 26.3 Å². The standard InChI is InChI=1S/C26H32F6N4OS/c1-15(2)24(6-3-20(12-24)36-7-4-17(5-8-36)21-14-38-23(33)35-21)22(37)34-13-16-9-18(25(27,28)29)11-19(10-16)26(30,31)32/h9-11,14-15,17,20H,3-8,12-13H2,1-2H3,(H2,33,35)(H,34,37)/t20-,24+/m1/s1. The van der Waals surface area contributed by atoms with Crippen LogP contribution in [0.3, 0.4) is 0 Å². The summed E-state index contributed by atoms with van der Waals surface area (Å²) < 4.78 is 79.3. The molecule has 1 aromatic heterocycles. The van der Waals surface area contributed by atoms with Crippen LogP contribution < -0.4 is 11.1 Å². The van der Waals surface area contributed by atoms with E-state index in [0.717, 1.165) is 38.0 Å². The second kappa shape index (κ2) is 10.7. The maximum atomic E-state index is 13.4. The van der Waals surface area contributed by atoms with Gasteiger partial charge < -0.3 is 16.0 Å². The Morgan fingerprint density at radius 2 is 1.71 bits per heavy atom. The van der Waals surface area contributed by atoms with Gasteiger partial charge in [0.05, 0.1) is 22.2 Å². The van der Waals surface area contributed by atoms with Crippen molar-refractivity contribution in [2.75, 3.05) is 18.8 Å². The second-order valence-corrected chi connectivity index (χ2v) is 11.6. The Bertz CT molecular complexity index is 1110. The number of nitrogens with zero attached hydrogens (tertiary/aromatic N) is 2. The number of benzene rings is 1. The van der Waals surface area contributed by atoms with Crippen molar-refractivity contribution in [2.24, 2.45) is 11.3 Å². The number of rotatable bonds is 6. The van der Waals surface area contributed by atoms with Gasteiger partial charge >= 0.3 is 12.4 Å². The van der Waals surface area contributed by atoms with Gasteiger partial charge in [0.1, 0.15) is 0 Å². The zero-order valence-electron chi connectivity index (χ0n) is 21.3. The van der Waals surface area contributed by atoms with Gasteiger partial charge in [0.2, 0.25) is 5.91 Å². The highest BCUT2D eigenvalue weighted by Gasteiger charge is 2.49. The lowest BCUT2D eigenvalue weighted by atomic mass is 9.74. The third-order valence-electron chi connectivity index (χ3n) is 8.19. The minimum atomic E-state index is -4.93. The maximum absolute atomic E-state index is 13.4. The first-order valence-electron chi connectivity index (χ1n) is 12.7. The van der Waals surface area contributed by atoms with Crippen LogP contribution in [0.25, 0.3) is 0 Å². The van der Waals surface area contributed by atoms with E-state index >= 15 is 0 Å². The van der Waals surface area contributed by atoms with E-state index in [1.807, 2.05) is 19.2 Å². The summed E-state index contributed by atoms with van der Waals surface area (Å²) in [6.45, 7) is 5.20. The monoisotopic (exact) mass is 562 g/mol. The van der Waals surface area contributed by atoms with Crippen LogP contribution in [0.2, 0.25) is 0 Å². The molecule has 2 aromatic rings. The predicted octanol–water partition coefficient (Wildman–Crippen LogP) is 6.45. The minimum Gasteiger partial charge on any atom is -0.375 e. The van der Waals surface area contributed by atoms with E-state index in [1.165, 1.54) is 11.3 Å². The molecule has 0 unspecified atom stereocenters. The summed E-state index contributed by atoms with van der Waals surface area (Å²) in [7, 11) is 0. The number of thiazole rings is 1. The molecule has 1 aromatic carbocycles. The van der Waals surface area contributed by atoms with Crippen LogP contribution in [0, 0.1) is 11.3 Å². The quantitative estimate of drug-likeness (QED) is 0.397. The molecule has 5 nitrogen and oxygen atoms in total. The van der Waals surface area contributed by atoms with E-state index in [1.54, 1.807) is 0 Å². The number of hydrogen-bond donors (Lipinski definition) is 2. The molecule has 2 heterocycles. The molecule has 210 valence electrons. The number of carbonyl (C=O) groups is 1. The molecular weight excluding hydrogens is 530 g/mol. The first-order chi connectivity index (χ1) is 17.7. The van der Waals surface area contributed by atoms with Crippen LogP contribution in [0.15, 0.2) is 23.6 Å². The van der Waals surface area contributed by atoms with Crippen molar-refractivity contribution in [1.82, 2.24) is 15.2 Å². The molecule has 38 heavy (non-hydrogen) atoms. The lowest BCUT2D eigenvalue weighted by Gasteiger charge is -2.37. The average molecular weight is 563 g/mol. The van der Waals surface area contributed by atoms with Gasteiger partial charge in [0, 0.05) is 23.9 Å². The van der Waals surface area contributed by atoms with Gasteiger partial charge in [-0.05, 0) is 74.9 Å². The van der Waals surface area contributed by atoms with E-state index in [-0.39, 0.29) is 29.5 Å². The maximum Gasteiger partial charge on any atom is 0.416 e. The lowest BCUT2D eigenvalue weighted by molar-refractivity contribution is -0.143. The highest BCUT2D eigenvalue weighted by atomic mass is 32.1. The fraction of sp³-hybridized carbons (Fsp3) is 0.615. The molecule has 4 rings (SSSR count). The van der Waals surface area contributed by atoms with E-state index < -0.39 is 35.4 Å².